The van der Waals surface area contributed by atoms with Crippen molar-refractivity contribution >= 4 is 9.05 Å². The minimum Gasteiger partial charge on any atom is -0.368 e. The van der Waals surface area contributed by atoms with Gasteiger partial charge in [-0.2, -0.15) is 6.42 Å². The van der Waals surface area contributed by atoms with Gasteiger partial charge in [0.15, 0.2) is 0 Å². The van der Waals surface area contributed by atoms with Crippen molar-refractivity contribution in [1.82, 2.24) is 0 Å². The standard InChI is InChI=1S/C3H7.Li.H4O4Si/c1-3-2;;1-5(2,3)4/h1,3H2,2H3;;1-4H/q-1;+1;. The molecule has 0 saturated carbocycles. The first-order chi connectivity index (χ1) is 3.41. The van der Waals surface area contributed by atoms with Gasteiger partial charge in [-0.05, 0) is 0 Å². The van der Waals surface area contributed by atoms with Gasteiger partial charge in [-0.15, -0.1) is 0 Å². The predicted molar refractivity (Wildman–Crippen MR) is 30.3 cm³/mol. The second-order valence-corrected chi connectivity index (χ2v) is 2.30. The first-order valence-corrected chi connectivity index (χ1v) is 3.89. The fourth-order valence-electron chi connectivity index (χ4n) is 0. The van der Waals surface area contributed by atoms with Crippen LogP contribution in [0.2, 0.25) is 0 Å². The first kappa shape index (κ1) is 16.3. The van der Waals surface area contributed by atoms with Crippen LogP contribution < -0.4 is 18.9 Å². The average molecular weight is 146 g/mol. The molecule has 0 bridgehead atoms. The van der Waals surface area contributed by atoms with Crippen molar-refractivity contribution in [1.29, 1.82) is 0 Å². The van der Waals surface area contributed by atoms with E-state index in [-0.39, 0.29) is 18.9 Å². The van der Waals surface area contributed by atoms with Gasteiger partial charge in [0.1, 0.15) is 0 Å². The molecule has 0 rings (SSSR count). The first-order valence-electron chi connectivity index (χ1n) is 2.10. The molecule has 0 radical (unpaired) electrons. The summed E-state index contributed by atoms with van der Waals surface area (Å²) in [6.07, 6.45) is 1.00. The third-order valence-electron chi connectivity index (χ3n) is 0. The summed E-state index contributed by atoms with van der Waals surface area (Å²) in [5.74, 6) is 0. The van der Waals surface area contributed by atoms with Crippen LogP contribution in [0, 0.1) is 6.92 Å². The molecule has 4 nitrogen and oxygen atoms in total. The van der Waals surface area contributed by atoms with Gasteiger partial charge in [0, 0.05) is 0 Å². The molecule has 0 heterocycles. The molecule has 0 aliphatic rings. The Morgan fingerprint density at radius 1 is 1.22 bits per heavy atom. The number of hydrogen-bond donors (Lipinski definition) is 4. The second-order valence-electron chi connectivity index (χ2n) is 1.10. The fourth-order valence-corrected chi connectivity index (χ4v) is 0. The van der Waals surface area contributed by atoms with Crippen molar-refractivity contribution < 1.29 is 38.0 Å². The Kier molecular flexibility index (Phi) is 15.7. The SMILES string of the molecule is O[Si](O)(O)O.[CH2-]CC.[Li+]. The van der Waals surface area contributed by atoms with Gasteiger partial charge in [0.2, 0.25) is 0 Å². The van der Waals surface area contributed by atoms with Crippen LogP contribution in [0.4, 0.5) is 0 Å². The van der Waals surface area contributed by atoms with E-state index in [1.165, 1.54) is 0 Å². The van der Waals surface area contributed by atoms with Crippen molar-refractivity contribution in [2.24, 2.45) is 0 Å². The fraction of sp³-hybridized carbons (Fsp3) is 0.667. The topological polar surface area (TPSA) is 80.9 Å². The van der Waals surface area contributed by atoms with Gasteiger partial charge in [-0.3, -0.25) is 0 Å². The Morgan fingerprint density at radius 2 is 1.22 bits per heavy atom. The summed E-state index contributed by atoms with van der Waals surface area (Å²) in [5.41, 5.74) is 0. The molecule has 0 atom stereocenters. The Bertz CT molecular complexity index is 39.6. The normalized spacial score (nSPS) is 8.67. The minimum absolute atomic E-state index is 0. The summed E-state index contributed by atoms with van der Waals surface area (Å²) in [4.78, 5) is 29.3. The van der Waals surface area contributed by atoms with Crippen molar-refractivity contribution in [3.63, 3.8) is 0 Å². The molecule has 0 aromatic heterocycles. The molecular formula is C3H11LiO4Si. The van der Waals surface area contributed by atoms with Gasteiger partial charge in [0.05, 0.1) is 0 Å². The smallest absolute Gasteiger partial charge is 0.368 e. The molecule has 0 aromatic carbocycles. The maximum atomic E-state index is 7.33. The molecule has 0 saturated heterocycles. The van der Waals surface area contributed by atoms with E-state index in [0.717, 1.165) is 6.42 Å². The summed E-state index contributed by atoms with van der Waals surface area (Å²) in [6.45, 7) is 5.50. The molecule has 0 aliphatic heterocycles. The Hall–Kier alpha value is 0.654. The maximum absolute atomic E-state index is 7.33. The van der Waals surface area contributed by atoms with Gasteiger partial charge >= 0.3 is 27.9 Å². The summed E-state index contributed by atoms with van der Waals surface area (Å²) in [6, 6.07) is 0. The Labute approximate surface area is 67.8 Å². The van der Waals surface area contributed by atoms with E-state index >= 15 is 0 Å². The van der Waals surface area contributed by atoms with E-state index in [1.54, 1.807) is 0 Å². The van der Waals surface area contributed by atoms with Crippen LogP contribution in [0.25, 0.3) is 0 Å². The zero-order valence-electron chi connectivity index (χ0n) is 5.70. The van der Waals surface area contributed by atoms with Crippen molar-refractivity contribution in [3.8, 4) is 0 Å². The van der Waals surface area contributed by atoms with Crippen LogP contribution in [-0.4, -0.2) is 28.2 Å². The zero-order chi connectivity index (χ0) is 7.21. The molecule has 4 N–H and O–H groups in total. The van der Waals surface area contributed by atoms with E-state index in [0.29, 0.717) is 0 Å². The summed E-state index contributed by atoms with van der Waals surface area (Å²) in [7, 11) is -4.61. The number of rotatable bonds is 0. The van der Waals surface area contributed by atoms with Gasteiger partial charge in [-0.1, -0.05) is 6.92 Å². The van der Waals surface area contributed by atoms with Crippen LogP contribution in [0.15, 0.2) is 0 Å². The molecule has 9 heavy (non-hydrogen) atoms. The number of hydrogen-bond acceptors (Lipinski definition) is 4. The summed E-state index contributed by atoms with van der Waals surface area (Å²) in [5, 5.41) is 0. The average Bonchev–Trinajstić information content (AvgIpc) is 1.27. The Morgan fingerprint density at radius 3 is 1.22 bits per heavy atom. The van der Waals surface area contributed by atoms with Gasteiger partial charge < -0.3 is 26.1 Å². The molecule has 6 heteroatoms. The van der Waals surface area contributed by atoms with Gasteiger partial charge in [0.25, 0.3) is 0 Å². The van der Waals surface area contributed by atoms with E-state index in [1.807, 2.05) is 6.92 Å². The molecule has 0 unspecified atom stereocenters. The molecule has 0 amide bonds. The van der Waals surface area contributed by atoms with Crippen LogP contribution in [0.3, 0.4) is 0 Å². The summed E-state index contributed by atoms with van der Waals surface area (Å²) < 4.78 is 0. The largest absolute Gasteiger partial charge is 1.00 e. The molecule has 0 aliphatic carbocycles. The third-order valence-corrected chi connectivity index (χ3v) is 0. The second kappa shape index (κ2) is 8.65. The molecule has 0 spiro atoms. The molecule has 0 aromatic rings. The summed E-state index contributed by atoms with van der Waals surface area (Å²) >= 11 is 0. The molecular weight excluding hydrogens is 135 g/mol. The predicted octanol–water partition coefficient (Wildman–Crippen LogP) is -4.37. The van der Waals surface area contributed by atoms with Crippen LogP contribution >= 0.6 is 0 Å². The minimum atomic E-state index is -4.61. The van der Waals surface area contributed by atoms with Crippen molar-refractivity contribution in [3.05, 3.63) is 6.92 Å². The van der Waals surface area contributed by atoms with Gasteiger partial charge in [-0.25, -0.2) is 0 Å². The maximum Gasteiger partial charge on any atom is 1.00 e. The van der Waals surface area contributed by atoms with E-state index in [4.69, 9.17) is 19.2 Å². The van der Waals surface area contributed by atoms with Crippen molar-refractivity contribution in [2.45, 2.75) is 13.3 Å². The van der Waals surface area contributed by atoms with E-state index in [2.05, 4.69) is 6.92 Å². The molecule has 0 fully saturated rings. The quantitative estimate of drug-likeness (QED) is 0.205. The molecule has 52 valence electrons. The Balaban J connectivity index is -0.0000000800. The van der Waals surface area contributed by atoms with Crippen LogP contribution in [-0.2, 0) is 0 Å². The van der Waals surface area contributed by atoms with Crippen LogP contribution in [0.5, 0.6) is 0 Å². The van der Waals surface area contributed by atoms with E-state index in [9.17, 15) is 0 Å². The van der Waals surface area contributed by atoms with Crippen LogP contribution in [0.1, 0.15) is 13.3 Å². The third kappa shape index (κ3) is 895. The van der Waals surface area contributed by atoms with Crippen molar-refractivity contribution in [2.75, 3.05) is 0 Å². The van der Waals surface area contributed by atoms with E-state index < -0.39 is 9.05 Å². The zero-order valence-corrected chi connectivity index (χ0v) is 6.70. The monoisotopic (exact) mass is 146 g/mol.